The van der Waals surface area contributed by atoms with Crippen LogP contribution in [0.5, 0.6) is 0 Å². The lowest BCUT2D eigenvalue weighted by molar-refractivity contribution is 0.550. The standard InChI is InChI=1S/C65H49N/c1-4-20-46(21-5-1)50-42-51(47-22-6-2-7-23-47)44-52(43-50)48-34-36-53(37-35-48)66(54-38-39-63-61(45-54)59-30-14-16-32-62(59)65(63)40-18-19-41-65)64-33-17-15-31-60(64)58-29-13-12-28-57(58)56-27-11-10-26-55(56)49-24-8-3-9-25-49/h1-17,20-39,42-45H,18-19,40-41H2. The van der Waals surface area contributed by atoms with Crippen molar-refractivity contribution in [2.75, 3.05) is 4.90 Å². The van der Waals surface area contributed by atoms with Crippen molar-refractivity contribution in [2.24, 2.45) is 0 Å². The van der Waals surface area contributed by atoms with Gasteiger partial charge in [0, 0.05) is 22.4 Å². The Labute approximate surface area is 389 Å². The molecule has 1 fully saturated rings. The highest BCUT2D eigenvalue weighted by Crippen LogP contribution is 2.58. The Morgan fingerprint density at radius 3 is 1.26 bits per heavy atom. The Balaban J connectivity index is 1.03. The van der Waals surface area contributed by atoms with Crippen molar-refractivity contribution in [1.29, 1.82) is 0 Å². The van der Waals surface area contributed by atoms with E-state index in [0.29, 0.717) is 0 Å². The van der Waals surface area contributed by atoms with Gasteiger partial charge in [-0.3, -0.25) is 0 Å². The van der Waals surface area contributed by atoms with Crippen LogP contribution in [0.2, 0.25) is 0 Å². The highest BCUT2D eigenvalue weighted by Gasteiger charge is 2.45. The average Bonchev–Trinajstić information content (AvgIpc) is 4.00. The first-order valence-electron chi connectivity index (χ1n) is 23.5. The Morgan fingerprint density at radius 1 is 0.258 bits per heavy atom. The molecule has 0 amide bonds. The molecular formula is C65H49N. The van der Waals surface area contributed by atoms with Crippen molar-refractivity contribution in [3.63, 3.8) is 0 Å². The first-order chi connectivity index (χ1) is 32.7. The second-order valence-electron chi connectivity index (χ2n) is 18.0. The molecule has 66 heavy (non-hydrogen) atoms. The summed E-state index contributed by atoms with van der Waals surface area (Å²) in [5, 5.41) is 0. The number of anilines is 3. The van der Waals surface area contributed by atoms with E-state index in [1.54, 1.807) is 0 Å². The summed E-state index contributed by atoms with van der Waals surface area (Å²) in [6, 6.07) is 91.8. The van der Waals surface area contributed by atoms with Crippen LogP contribution >= 0.6 is 0 Å². The molecule has 1 saturated carbocycles. The predicted octanol–water partition coefficient (Wildman–Crippen LogP) is 18.0. The lowest BCUT2D eigenvalue weighted by Crippen LogP contribution is -2.20. The van der Waals surface area contributed by atoms with Crippen LogP contribution in [0.25, 0.3) is 77.9 Å². The van der Waals surface area contributed by atoms with Crippen LogP contribution in [0.3, 0.4) is 0 Å². The molecule has 0 unspecified atom stereocenters. The molecule has 1 spiro atoms. The lowest BCUT2D eigenvalue weighted by Gasteiger charge is -2.30. The summed E-state index contributed by atoms with van der Waals surface area (Å²) in [5.41, 5.74) is 23.7. The van der Waals surface area contributed by atoms with Crippen molar-refractivity contribution in [3.05, 3.63) is 260 Å². The molecule has 0 aromatic heterocycles. The molecule has 0 saturated heterocycles. The van der Waals surface area contributed by atoms with E-state index in [4.69, 9.17) is 0 Å². The summed E-state index contributed by atoms with van der Waals surface area (Å²) < 4.78 is 0. The number of rotatable bonds is 9. The highest BCUT2D eigenvalue weighted by atomic mass is 15.1. The number of hydrogen-bond donors (Lipinski definition) is 0. The van der Waals surface area contributed by atoms with E-state index in [1.807, 2.05) is 0 Å². The van der Waals surface area contributed by atoms with Crippen molar-refractivity contribution in [1.82, 2.24) is 0 Å². The van der Waals surface area contributed by atoms with Crippen molar-refractivity contribution in [2.45, 2.75) is 31.1 Å². The molecule has 314 valence electrons. The summed E-state index contributed by atoms with van der Waals surface area (Å²) >= 11 is 0. The van der Waals surface area contributed by atoms with E-state index in [2.05, 4.69) is 254 Å². The fourth-order valence-corrected chi connectivity index (χ4v) is 11.2. The number of hydrogen-bond acceptors (Lipinski definition) is 1. The largest absolute Gasteiger partial charge is 0.310 e. The van der Waals surface area contributed by atoms with Crippen LogP contribution in [0.15, 0.2) is 249 Å². The number of para-hydroxylation sites is 1. The zero-order valence-corrected chi connectivity index (χ0v) is 36.9. The van der Waals surface area contributed by atoms with Gasteiger partial charge in [-0.05, 0) is 145 Å². The summed E-state index contributed by atoms with van der Waals surface area (Å²) in [5.74, 6) is 0. The summed E-state index contributed by atoms with van der Waals surface area (Å²) in [6.07, 6.45) is 4.97. The Morgan fingerprint density at radius 2 is 0.667 bits per heavy atom. The maximum atomic E-state index is 2.50. The normalized spacial score (nSPS) is 13.3. The van der Waals surface area contributed by atoms with Gasteiger partial charge in [0.1, 0.15) is 0 Å². The predicted molar refractivity (Wildman–Crippen MR) is 278 cm³/mol. The molecule has 2 aliphatic rings. The fourth-order valence-electron chi connectivity index (χ4n) is 11.2. The lowest BCUT2D eigenvalue weighted by atomic mass is 9.77. The SMILES string of the molecule is c1ccc(-c2cc(-c3ccccc3)cc(-c3ccc(N(c4ccc5c(c4)-c4ccccc4C54CCCC4)c4ccccc4-c4ccccc4-c4ccccc4-c4ccccc4)cc3)c2)cc1. The fraction of sp³-hybridized carbons (Fsp3) is 0.0769. The van der Waals surface area contributed by atoms with Gasteiger partial charge < -0.3 is 4.90 Å². The summed E-state index contributed by atoms with van der Waals surface area (Å²) in [4.78, 5) is 2.50. The van der Waals surface area contributed by atoms with Gasteiger partial charge in [-0.2, -0.15) is 0 Å². The van der Waals surface area contributed by atoms with Crippen LogP contribution in [0, 0.1) is 0 Å². The smallest absolute Gasteiger partial charge is 0.0540 e. The second-order valence-corrected chi connectivity index (χ2v) is 18.0. The van der Waals surface area contributed by atoms with Gasteiger partial charge in [0.05, 0.1) is 5.69 Å². The number of nitrogens with zero attached hydrogens (tertiary/aromatic N) is 1. The Hall–Kier alpha value is -8.00. The molecule has 0 bridgehead atoms. The monoisotopic (exact) mass is 843 g/mol. The Bertz CT molecular complexity index is 3280. The summed E-state index contributed by atoms with van der Waals surface area (Å²) in [6.45, 7) is 0. The topological polar surface area (TPSA) is 3.24 Å². The van der Waals surface area contributed by atoms with Crippen LogP contribution in [-0.4, -0.2) is 0 Å². The minimum absolute atomic E-state index is 0.104. The highest BCUT2D eigenvalue weighted by molar-refractivity contribution is 5.98. The van der Waals surface area contributed by atoms with Crippen LogP contribution < -0.4 is 4.90 Å². The maximum absolute atomic E-state index is 2.50. The maximum Gasteiger partial charge on any atom is 0.0540 e. The molecule has 1 nitrogen and oxygen atoms in total. The van der Waals surface area contributed by atoms with Gasteiger partial charge >= 0.3 is 0 Å². The number of benzene rings is 10. The molecule has 0 atom stereocenters. The quantitative estimate of drug-likeness (QED) is 0.140. The molecule has 0 N–H and O–H groups in total. The minimum atomic E-state index is 0.104. The van der Waals surface area contributed by atoms with Crippen molar-refractivity contribution in [3.8, 4) is 77.9 Å². The van der Waals surface area contributed by atoms with Gasteiger partial charge in [-0.15, -0.1) is 0 Å². The van der Waals surface area contributed by atoms with Crippen LogP contribution in [-0.2, 0) is 5.41 Å². The molecule has 10 aromatic carbocycles. The van der Waals surface area contributed by atoms with Crippen LogP contribution in [0.4, 0.5) is 17.1 Å². The van der Waals surface area contributed by atoms with E-state index in [0.717, 1.165) is 17.1 Å². The zero-order chi connectivity index (χ0) is 43.9. The van der Waals surface area contributed by atoms with Crippen molar-refractivity contribution < 1.29 is 0 Å². The third kappa shape index (κ3) is 6.96. The molecule has 10 aromatic rings. The first kappa shape index (κ1) is 39.6. The summed E-state index contributed by atoms with van der Waals surface area (Å²) in [7, 11) is 0. The van der Waals surface area contributed by atoms with Gasteiger partial charge in [0.2, 0.25) is 0 Å². The van der Waals surface area contributed by atoms with E-state index in [1.165, 1.54) is 115 Å². The molecule has 0 radical (unpaired) electrons. The van der Waals surface area contributed by atoms with Crippen molar-refractivity contribution >= 4 is 17.1 Å². The van der Waals surface area contributed by atoms with Crippen LogP contribution in [0.1, 0.15) is 36.8 Å². The van der Waals surface area contributed by atoms with E-state index >= 15 is 0 Å². The third-order valence-corrected chi connectivity index (χ3v) is 14.2. The first-order valence-corrected chi connectivity index (χ1v) is 23.5. The van der Waals surface area contributed by atoms with E-state index in [9.17, 15) is 0 Å². The van der Waals surface area contributed by atoms with Gasteiger partial charge in [-0.25, -0.2) is 0 Å². The molecular weight excluding hydrogens is 795 g/mol. The molecule has 0 aliphatic heterocycles. The van der Waals surface area contributed by atoms with Gasteiger partial charge in [0.25, 0.3) is 0 Å². The average molecular weight is 844 g/mol. The van der Waals surface area contributed by atoms with Gasteiger partial charge in [-0.1, -0.05) is 213 Å². The van der Waals surface area contributed by atoms with Gasteiger partial charge in [0.15, 0.2) is 0 Å². The van der Waals surface area contributed by atoms with E-state index in [-0.39, 0.29) is 5.41 Å². The third-order valence-electron chi connectivity index (χ3n) is 14.2. The zero-order valence-electron chi connectivity index (χ0n) is 36.9. The molecule has 1 heteroatoms. The Kier molecular flexibility index (Phi) is 10.1. The minimum Gasteiger partial charge on any atom is -0.310 e. The molecule has 12 rings (SSSR count). The number of fused-ring (bicyclic) bond motifs is 5. The second kappa shape index (κ2) is 16.8. The molecule has 0 heterocycles. The molecule has 2 aliphatic carbocycles. The van der Waals surface area contributed by atoms with E-state index < -0.39 is 0 Å².